The Balaban J connectivity index is 1.34. The number of carbonyl (C=O) groups excluding carboxylic acids is 1. The number of amides is 1. The molecule has 40 heavy (non-hydrogen) atoms. The van der Waals surface area contributed by atoms with Crippen molar-refractivity contribution >= 4 is 17.0 Å². The number of rotatable bonds is 4. The Labute approximate surface area is 228 Å². The summed E-state index contributed by atoms with van der Waals surface area (Å²) in [5.41, 5.74) is 2.37. The van der Waals surface area contributed by atoms with Crippen molar-refractivity contribution in [3.63, 3.8) is 0 Å². The molecule has 8 nitrogen and oxygen atoms in total. The van der Waals surface area contributed by atoms with Gasteiger partial charge in [-0.05, 0) is 51.1 Å². The van der Waals surface area contributed by atoms with Gasteiger partial charge in [0.2, 0.25) is 0 Å². The molecular weight excluding hydrogens is 525 g/mol. The van der Waals surface area contributed by atoms with Crippen LogP contribution in [0.5, 0.6) is 5.75 Å². The molecule has 1 aliphatic heterocycles. The Morgan fingerprint density at radius 1 is 1.07 bits per heavy atom. The average Bonchev–Trinajstić information content (AvgIpc) is 3.17. The van der Waals surface area contributed by atoms with Crippen molar-refractivity contribution < 1.29 is 27.4 Å². The summed E-state index contributed by atoms with van der Waals surface area (Å²) in [6.07, 6.45) is -1.77. The van der Waals surface area contributed by atoms with Gasteiger partial charge in [-0.2, -0.15) is 13.2 Å². The Kier molecular flexibility index (Phi) is 6.85. The van der Waals surface area contributed by atoms with E-state index in [2.05, 4.69) is 9.55 Å². The summed E-state index contributed by atoms with van der Waals surface area (Å²) in [7, 11) is 1.98. The van der Waals surface area contributed by atoms with Crippen molar-refractivity contribution in [2.75, 3.05) is 6.54 Å². The summed E-state index contributed by atoms with van der Waals surface area (Å²) >= 11 is 0. The van der Waals surface area contributed by atoms with E-state index in [0.29, 0.717) is 30.9 Å². The molecule has 4 heterocycles. The minimum atomic E-state index is -4.46. The second-order valence-electron chi connectivity index (χ2n) is 10.7. The van der Waals surface area contributed by atoms with E-state index in [0.717, 1.165) is 34.4 Å². The van der Waals surface area contributed by atoms with Gasteiger partial charge < -0.3 is 18.9 Å². The molecule has 0 spiro atoms. The Morgan fingerprint density at radius 2 is 1.85 bits per heavy atom. The van der Waals surface area contributed by atoms with Gasteiger partial charge in [-0.25, -0.2) is 4.79 Å². The molecule has 3 aromatic heterocycles. The van der Waals surface area contributed by atoms with Crippen molar-refractivity contribution in [3.05, 3.63) is 87.7 Å². The van der Waals surface area contributed by atoms with Crippen LogP contribution in [0.4, 0.5) is 18.0 Å². The number of benzene rings is 1. The lowest BCUT2D eigenvalue weighted by Gasteiger charge is -2.30. The number of hydrogen-bond acceptors (Lipinski definition) is 5. The van der Waals surface area contributed by atoms with Gasteiger partial charge in [0, 0.05) is 55.1 Å². The smallest absolute Gasteiger partial charge is 0.417 e. The fraction of sp³-hybridized carbons (Fsp3) is 0.345. The van der Waals surface area contributed by atoms with E-state index >= 15 is 0 Å². The maximum atomic E-state index is 12.9. The van der Waals surface area contributed by atoms with E-state index in [1.165, 1.54) is 16.7 Å². The quantitative estimate of drug-likeness (QED) is 0.328. The predicted octanol–water partition coefficient (Wildman–Crippen LogP) is 5.62. The molecule has 0 saturated heterocycles. The lowest BCUT2D eigenvalue weighted by atomic mass is 10.0. The molecule has 0 radical (unpaired) electrons. The van der Waals surface area contributed by atoms with Crippen molar-refractivity contribution in [2.24, 2.45) is 7.05 Å². The highest BCUT2D eigenvalue weighted by atomic mass is 19.4. The Bertz CT molecular complexity index is 1630. The highest BCUT2D eigenvalue weighted by Gasteiger charge is 2.31. The van der Waals surface area contributed by atoms with Crippen molar-refractivity contribution in [3.8, 4) is 11.4 Å². The molecule has 0 atom stereocenters. The van der Waals surface area contributed by atoms with Gasteiger partial charge in [-0.3, -0.25) is 14.3 Å². The topological polar surface area (TPSA) is 78.6 Å². The zero-order valence-electron chi connectivity index (χ0n) is 22.6. The van der Waals surface area contributed by atoms with Gasteiger partial charge in [0.25, 0.3) is 5.56 Å². The highest BCUT2D eigenvalue weighted by Crippen LogP contribution is 2.32. The fourth-order valence-electron chi connectivity index (χ4n) is 4.79. The third-order valence-corrected chi connectivity index (χ3v) is 6.75. The molecule has 11 heteroatoms. The van der Waals surface area contributed by atoms with Crippen LogP contribution in [-0.4, -0.2) is 37.3 Å². The second kappa shape index (κ2) is 10.0. The summed E-state index contributed by atoms with van der Waals surface area (Å²) in [6.45, 7) is 6.45. The SMILES string of the molecule is Cn1c2c(c3ccc(-n4ccc(OCc5ccc(C(F)(F)F)cn5)cc4=O)cc31)CN(C(=O)OC(C)(C)C)CC2. The van der Waals surface area contributed by atoms with Crippen LogP contribution >= 0.6 is 0 Å². The third kappa shape index (κ3) is 5.54. The molecule has 0 saturated carbocycles. The van der Waals surface area contributed by atoms with Crippen LogP contribution in [-0.2, 0) is 37.5 Å². The predicted molar refractivity (Wildman–Crippen MR) is 142 cm³/mol. The largest absolute Gasteiger partial charge is 0.487 e. The van der Waals surface area contributed by atoms with Gasteiger partial charge in [-0.1, -0.05) is 6.07 Å². The van der Waals surface area contributed by atoms with Gasteiger partial charge in [0.1, 0.15) is 18.0 Å². The summed E-state index contributed by atoms with van der Waals surface area (Å²) in [6, 6.07) is 10.9. The summed E-state index contributed by atoms with van der Waals surface area (Å²) < 4.78 is 52.9. The lowest BCUT2D eigenvalue weighted by Crippen LogP contribution is -2.40. The molecule has 0 N–H and O–H groups in total. The Hall–Kier alpha value is -4.28. The van der Waals surface area contributed by atoms with Crippen LogP contribution in [0.25, 0.3) is 16.6 Å². The normalized spacial score (nSPS) is 13.8. The van der Waals surface area contributed by atoms with Crippen LogP contribution in [0, 0.1) is 0 Å². The van der Waals surface area contributed by atoms with Gasteiger partial charge in [0.15, 0.2) is 0 Å². The Morgan fingerprint density at radius 3 is 2.50 bits per heavy atom. The number of aromatic nitrogens is 3. The molecule has 1 aliphatic rings. The number of carbonyl (C=O) groups is 1. The molecular formula is C29H29F3N4O4. The van der Waals surface area contributed by atoms with Crippen LogP contribution in [0.1, 0.15) is 43.3 Å². The highest BCUT2D eigenvalue weighted by molar-refractivity contribution is 5.88. The maximum Gasteiger partial charge on any atom is 0.417 e. The number of aryl methyl sites for hydroxylation is 1. The van der Waals surface area contributed by atoms with Crippen molar-refractivity contribution in [2.45, 2.75) is 52.1 Å². The first kappa shape index (κ1) is 27.3. The minimum Gasteiger partial charge on any atom is -0.487 e. The molecule has 0 unspecified atom stereocenters. The lowest BCUT2D eigenvalue weighted by molar-refractivity contribution is -0.137. The standard InChI is InChI=1S/C29H29F3N4O4/c1-28(2,3)40-27(38)35-11-10-24-23(16-35)22-8-7-20(13-25(22)34(24)4)36-12-9-21(14-26(36)37)39-17-19-6-5-18(15-33-19)29(30,31)32/h5-9,12-15H,10-11,16-17H2,1-4H3. The van der Waals surface area contributed by atoms with E-state index in [1.54, 1.807) is 17.2 Å². The second-order valence-corrected chi connectivity index (χ2v) is 10.7. The maximum absolute atomic E-state index is 12.9. The molecule has 1 amide bonds. The third-order valence-electron chi connectivity index (χ3n) is 6.75. The van der Waals surface area contributed by atoms with Crippen LogP contribution in [0.3, 0.4) is 0 Å². The average molecular weight is 555 g/mol. The van der Waals surface area contributed by atoms with Crippen LogP contribution in [0.15, 0.2) is 59.7 Å². The number of nitrogens with zero attached hydrogens (tertiary/aromatic N) is 4. The van der Waals surface area contributed by atoms with E-state index < -0.39 is 17.3 Å². The first-order chi connectivity index (χ1) is 18.8. The molecule has 210 valence electrons. The molecule has 5 rings (SSSR count). The van der Waals surface area contributed by atoms with E-state index in [1.807, 2.05) is 46.0 Å². The first-order valence-corrected chi connectivity index (χ1v) is 12.8. The minimum absolute atomic E-state index is 0.0806. The fourth-order valence-corrected chi connectivity index (χ4v) is 4.79. The number of halogens is 3. The van der Waals surface area contributed by atoms with Crippen LogP contribution in [0.2, 0.25) is 0 Å². The summed E-state index contributed by atoms with van der Waals surface area (Å²) in [5, 5.41) is 1.01. The number of ether oxygens (including phenoxy) is 2. The van der Waals surface area contributed by atoms with E-state index in [-0.39, 0.29) is 24.0 Å². The first-order valence-electron chi connectivity index (χ1n) is 12.8. The summed E-state index contributed by atoms with van der Waals surface area (Å²) in [4.78, 5) is 31.1. The van der Waals surface area contributed by atoms with Crippen molar-refractivity contribution in [1.82, 2.24) is 19.0 Å². The summed E-state index contributed by atoms with van der Waals surface area (Å²) in [5.74, 6) is 0.278. The van der Waals surface area contributed by atoms with Crippen molar-refractivity contribution in [1.29, 1.82) is 0 Å². The van der Waals surface area contributed by atoms with E-state index in [9.17, 15) is 22.8 Å². The van der Waals surface area contributed by atoms with E-state index in [4.69, 9.17) is 9.47 Å². The number of fused-ring (bicyclic) bond motifs is 3. The molecule has 0 aliphatic carbocycles. The zero-order valence-corrected chi connectivity index (χ0v) is 22.6. The number of alkyl halides is 3. The van der Waals surface area contributed by atoms with Gasteiger partial charge in [0.05, 0.1) is 29.0 Å². The zero-order chi connectivity index (χ0) is 28.8. The molecule has 1 aromatic carbocycles. The molecule has 4 aromatic rings. The van der Waals surface area contributed by atoms with Gasteiger partial charge >= 0.3 is 12.3 Å². The van der Waals surface area contributed by atoms with Crippen LogP contribution < -0.4 is 10.3 Å². The number of pyridine rings is 2. The molecule has 0 fully saturated rings. The number of hydrogen-bond donors (Lipinski definition) is 0. The van der Waals surface area contributed by atoms with Gasteiger partial charge in [-0.15, -0.1) is 0 Å². The monoisotopic (exact) mass is 554 g/mol. The molecule has 0 bridgehead atoms.